The Hall–Kier alpha value is -0.890. The number of rotatable bonds is 5. The summed E-state index contributed by atoms with van der Waals surface area (Å²) in [4.78, 5) is 1.91. The van der Waals surface area contributed by atoms with Crippen LogP contribution in [0.5, 0.6) is 0 Å². The molecule has 1 aliphatic rings. The zero-order valence-electron chi connectivity index (χ0n) is 11.4. The van der Waals surface area contributed by atoms with E-state index in [1.807, 2.05) is 4.90 Å². The van der Waals surface area contributed by atoms with Gasteiger partial charge in [-0.15, -0.1) is 10.2 Å². The lowest BCUT2D eigenvalue weighted by Gasteiger charge is -2.31. The molecule has 1 fully saturated rings. The summed E-state index contributed by atoms with van der Waals surface area (Å²) in [6.07, 6.45) is -1.31. The maximum absolute atomic E-state index is 12.5. The van der Waals surface area contributed by atoms with Crippen LogP contribution in [0.4, 0.5) is 18.3 Å². The number of halogens is 3. The lowest BCUT2D eigenvalue weighted by Crippen LogP contribution is -2.37. The molecule has 20 heavy (non-hydrogen) atoms. The van der Waals surface area contributed by atoms with Gasteiger partial charge in [-0.3, -0.25) is 0 Å². The Labute approximate surface area is 120 Å². The van der Waals surface area contributed by atoms with E-state index in [9.17, 15) is 13.2 Å². The second kappa shape index (κ2) is 6.71. The Morgan fingerprint density at radius 1 is 1.30 bits per heavy atom. The van der Waals surface area contributed by atoms with E-state index in [0.29, 0.717) is 22.4 Å². The summed E-state index contributed by atoms with van der Waals surface area (Å²) in [5.41, 5.74) is 0. The average Bonchev–Trinajstić information content (AvgIpc) is 2.89. The smallest absolute Gasteiger partial charge is 0.347 e. The van der Waals surface area contributed by atoms with Gasteiger partial charge in [0, 0.05) is 13.1 Å². The third-order valence-corrected chi connectivity index (χ3v) is 4.43. The number of anilines is 1. The molecule has 114 valence electrons. The van der Waals surface area contributed by atoms with Crippen molar-refractivity contribution in [3.05, 3.63) is 5.01 Å². The number of aromatic nitrogens is 2. The minimum Gasteiger partial charge on any atom is -0.347 e. The van der Waals surface area contributed by atoms with E-state index in [1.54, 1.807) is 0 Å². The number of nitrogens with zero attached hydrogens (tertiary/aromatic N) is 3. The van der Waals surface area contributed by atoms with E-state index in [4.69, 9.17) is 0 Å². The molecule has 4 nitrogen and oxygen atoms in total. The van der Waals surface area contributed by atoms with Gasteiger partial charge in [0.1, 0.15) is 0 Å². The van der Waals surface area contributed by atoms with Crippen LogP contribution in [-0.4, -0.2) is 36.4 Å². The second-order valence-corrected chi connectivity index (χ2v) is 5.98. The van der Waals surface area contributed by atoms with Gasteiger partial charge in [0.15, 0.2) is 0 Å². The quantitative estimate of drug-likeness (QED) is 0.849. The second-order valence-electron chi connectivity index (χ2n) is 5.02. The third kappa shape index (κ3) is 4.05. The van der Waals surface area contributed by atoms with E-state index in [2.05, 4.69) is 22.4 Å². The fourth-order valence-electron chi connectivity index (χ4n) is 2.27. The normalized spacial score (nSPS) is 17.7. The Morgan fingerprint density at radius 3 is 2.55 bits per heavy atom. The number of piperidine rings is 1. The monoisotopic (exact) mass is 308 g/mol. The first-order chi connectivity index (χ1) is 9.50. The van der Waals surface area contributed by atoms with Crippen LogP contribution < -0.4 is 10.2 Å². The van der Waals surface area contributed by atoms with E-state index in [0.717, 1.165) is 45.4 Å². The van der Waals surface area contributed by atoms with Crippen molar-refractivity contribution in [1.29, 1.82) is 0 Å². The van der Waals surface area contributed by atoms with Crippen LogP contribution in [-0.2, 0) is 6.18 Å². The standard InChI is InChI=1S/C12H19F3N4S/c1-2-5-16-8-9-3-6-19(7-4-9)11-18-17-10(20-11)12(13,14)15/h9,16H,2-8H2,1H3. The van der Waals surface area contributed by atoms with Crippen LogP contribution in [0, 0.1) is 5.92 Å². The van der Waals surface area contributed by atoms with Crippen LogP contribution in [0.3, 0.4) is 0 Å². The van der Waals surface area contributed by atoms with Gasteiger partial charge in [-0.2, -0.15) is 13.2 Å². The van der Waals surface area contributed by atoms with Crippen molar-refractivity contribution in [2.24, 2.45) is 5.92 Å². The molecule has 1 aromatic rings. The average molecular weight is 308 g/mol. The molecular formula is C12H19F3N4S. The first kappa shape index (κ1) is 15.5. The van der Waals surface area contributed by atoms with Gasteiger partial charge in [0.25, 0.3) is 0 Å². The summed E-state index contributed by atoms with van der Waals surface area (Å²) in [5.74, 6) is 0.604. The molecule has 1 saturated heterocycles. The highest BCUT2D eigenvalue weighted by Gasteiger charge is 2.36. The molecule has 0 bridgehead atoms. The molecular weight excluding hydrogens is 289 g/mol. The van der Waals surface area contributed by atoms with Gasteiger partial charge in [-0.1, -0.05) is 18.3 Å². The zero-order valence-corrected chi connectivity index (χ0v) is 12.2. The molecule has 0 saturated carbocycles. The van der Waals surface area contributed by atoms with Crippen molar-refractivity contribution < 1.29 is 13.2 Å². The Morgan fingerprint density at radius 2 is 2.00 bits per heavy atom. The highest BCUT2D eigenvalue weighted by Crippen LogP contribution is 2.35. The van der Waals surface area contributed by atoms with Crippen LogP contribution in [0.25, 0.3) is 0 Å². The molecule has 8 heteroatoms. The minimum atomic E-state index is -4.39. The zero-order chi connectivity index (χ0) is 14.6. The van der Waals surface area contributed by atoms with Crippen molar-refractivity contribution in [3.8, 4) is 0 Å². The lowest BCUT2D eigenvalue weighted by atomic mass is 9.97. The highest BCUT2D eigenvalue weighted by atomic mass is 32.1. The molecule has 2 heterocycles. The van der Waals surface area contributed by atoms with Crippen LogP contribution in [0.15, 0.2) is 0 Å². The number of hydrogen-bond donors (Lipinski definition) is 1. The Kier molecular flexibility index (Phi) is 5.20. The fraction of sp³-hybridized carbons (Fsp3) is 0.833. The van der Waals surface area contributed by atoms with Crippen molar-refractivity contribution in [1.82, 2.24) is 15.5 Å². The summed E-state index contributed by atoms with van der Waals surface area (Å²) >= 11 is 0.632. The molecule has 0 amide bonds. The molecule has 0 radical (unpaired) electrons. The third-order valence-electron chi connectivity index (χ3n) is 3.40. The van der Waals surface area contributed by atoms with E-state index < -0.39 is 11.2 Å². The summed E-state index contributed by atoms with van der Waals surface area (Å²) < 4.78 is 37.5. The van der Waals surface area contributed by atoms with Gasteiger partial charge in [-0.05, 0) is 38.3 Å². The van der Waals surface area contributed by atoms with Crippen molar-refractivity contribution in [2.75, 3.05) is 31.1 Å². The predicted octanol–water partition coefficient (Wildman–Crippen LogP) is 2.77. The van der Waals surface area contributed by atoms with E-state index in [-0.39, 0.29) is 0 Å². The van der Waals surface area contributed by atoms with Gasteiger partial charge in [0.05, 0.1) is 0 Å². The number of nitrogens with one attached hydrogen (secondary N) is 1. The molecule has 0 unspecified atom stereocenters. The molecule has 1 N–H and O–H groups in total. The van der Waals surface area contributed by atoms with E-state index in [1.165, 1.54) is 0 Å². The van der Waals surface area contributed by atoms with Crippen LogP contribution >= 0.6 is 11.3 Å². The topological polar surface area (TPSA) is 41.0 Å². The van der Waals surface area contributed by atoms with E-state index >= 15 is 0 Å². The highest BCUT2D eigenvalue weighted by molar-refractivity contribution is 7.15. The van der Waals surface area contributed by atoms with Gasteiger partial charge in [-0.25, -0.2) is 0 Å². The summed E-state index contributed by atoms with van der Waals surface area (Å²) in [5, 5.41) is 9.81. The summed E-state index contributed by atoms with van der Waals surface area (Å²) in [6.45, 7) is 5.65. The van der Waals surface area contributed by atoms with Crippen LogP contribution in [0.2, 0.25) is 0 Å². The SMILES string of the molecule is CCCNCC1CCN(c2nnc(C(F)(F)F)s2)CC1. The summed E-state index contributed by atoms with van der Waals surface area (Å²) in [6, 6.07) is 0. The summed E-state index contributed by atoms with van der Waals surface area (Å²) in [7, 11) is 0. The number of alkyl halides is 3. The fourth-order valence-corrected chi connectivity index (χ4v) is 3.03. The predicted molar refractivity (Wildman–Crippen MR) is 73.0 cm³/mol. The Bertz CT molecular complexity index is 413. The molecule has 0 atom stereocenters. The maximum atomic E-state index is 12.5. The molecule has 0 aliphatic carbocycles. The van der Waals surface area contributed by atoms with Crippen molar-refractivity contribution in [2.45, 2.75) is 32.4 Å². The number of hydrogen-bond acceptors (Lipinski definition) is 5. The molecule has 0 aromatic carbocycles. The van der Waals surface area contributed by atoms with Gasteiger partial charge in [0.2, 0.25) is 10.1 Å². The van der Waals surface area contributed by atoms with Gasteiger partial charge >= 0.3 is 6.18 Å². The lowest BCUT2D eigenvalue weighted by molar-refractivity contribution is -0.138. The molecule has 0 spiro atoms. The largest absolute Gasteiger partial charge is 0.445 e. The van der Waals surface area contributed by atoms with Crippen LogP contribution in [0.1, 0.15) is 31.2 Å². The maximum Gasteiger partial charge on any atom is 0.445 e. The molecule has 1 aromatic heterocycles. The van der Waals surface area contributed by atoms with Crippen molar-refractivity contribution in [3.63, 3.8) is 0 Å². The first-order valence-electron chi connectivity index (χ1n) is 6.87. The molecule has 2 rings (SSSR count). The minimum absolute atomic E-state index is 0.386. The van der Waals surface area contributed by atoms with Crippen molar-refractivity contribution >= 4 is 16.5 Å². The first-order valence-corrected chi connectivity index (χ1v) is 7.68. The van der Waals surface area contributed by atoms with Gasteiger partial charge < -0.3 is 10.2 Å². The Balaban J connectivity index is 1.83. The molecule has 1 aliphatic heterocycles.